The molecule has 2 aliphatic rings. The predicted octanol–water partition coefficient (Wildman–Crippen LogP) is -1.25. The van der Waals surface area contributed by atoms with Crippen molar-refractivity contribution in [3.63, 3.8) is 0 Å². The predicted molar refractivity (Wildman–Crippen MR) is 108 cm³/mol. The monoisotopic (exact) mass is 441 g/mol. The van der Waals surface area contributed by atoms with Crippen LogP contribution in [0.15, 0.2) is 17.6 Å². The van der Waals surface area contributed by atoms with Crippen molar-refractivity contribution in [3.8, 4) is 0 Å². The van der Waals surface area contributed by atoms with Crippen molar-refractivity contribution >= 4 is 28.3 Å². The first-order valence-corrected chi connectivity index (χ1v) is 11.5. The van der Waals surface area contributed by atoms with Gasteiger partial charge in [0, 0.05) is 30.9 Å². The van der Waals surface area contributed by atoms with Gasteiger partial charge in [-0.2, -0.15) is 0 Å². The van der Waals surface area contributed by atoms with E-state index in [0.717, 1.165) is 0 Å². The zero-order valence-corrected chi connectivity index (χ0v) is 18.4. The Morgan fingerprint density at radius 1 is 1.27 bits per heavy atom. The van der Waals surface area contributed by atoms with Gasteiger partial charge in [-0.1, -0.05) is 0 Å². The summed E-state index contributed by atoms with van der Waals surface area (Å²) >= 11 is 0. The van der Waals surface area contributed by atoms with Crippen molar-refractivity contribution in [2.45, 2.75) is 56.6 Å². The minimum atomic E-state index is -3.76. The topological polar surface area (TPSA) is 139 Å². The summed E-state index contributed by atoms with van der Waals surface area (Å²) in [6.45, 7) is 7.54. The summed E-state index contributed by atoms with van der Waals surface area (Å²) in [4.78, 5) is 21.3. The van der Waals surface area contributed by atoms with E-state index in [4.69, 9.17) is 14.4 Å². The molecule has 1 amide bonds. The fourth-order valence-corrected chi connectivity index (χ4v) is 4.90. The smallest absolute Gasteiger partial charge is 0.399 e. The Kier molecular flexibility index (Phi) is 6.27. The third-order valence-corrected chi connectivity index (χ3v) is 7.64. The molecule has 3 heterocycles. The van der Waals surface area contributed by atoms with Gasteiger partial charge in [-0.15, -0.1) is 0 Å². The van der Waals surface area contributed by atoms with Gasteiger partial charge in [0.05, 0.1) is 23.6 Å². The molecule has 2 aliphatic heterocycles. The lowest BCUT2D eigenvalue weighted by molar-refractivity contribution is -0.141. The number of hydrogen-bond acceptors (Lipinski definition) is 9. The number of amides is 1. The maximum Gasteiger partial charge on any atom is 0.498 e. The van der Waals surface area contributed by atoms with Gasteiger partial charge in [-0.3, -0.25) is 4.79 Å². The number of hydrogen-bond donors (Lipinski definition) is 2. The van der Waals surface area contributed by atoms with Gasteiger partial charge in [-0.25, -0.2) is 18.4 Å². The average molecular weight is 441 g/mol. The van der Waals surface area contributed by atoms with Crippen molar-refractivity contribution in [1.29, 1.82) is 0 Å². The van der Waals surface area contributed by atoms with E-state index in [1.807, 2.05) is 27.7 Å². The fraction of sp³-hybridized carbons (Fsp3) is 0.722. The number of aliphatic hydroxyl groups is 2. The first-order valence-electron chi connectivity index (χ1n) is 9.84. The largest absolute Gasteiger partial charge is 0.498 e. The number of aliphatic hydroxyl groups excluding tert-OH is 2. The molecule has 0 spiro atoms. The van der Waals surface area contributed by atoms with Gasteiger partial charge in [0.2, 0.25) is 15.0 Å². The first-order chi connectivity index (χ1) is 13.9. The second kappa shape index (κ2) is 8.15. The van der Waals surface area contributed by atoms with Crippen LogP contribution in [-0.2, 0) is 23.9 Å². The van der Waals surface area contributed by atoms with Gasteiger partial charge < -0.3 is 24.4 Å². The Morgan fingerprint density at radius 3 is 2.37 bits per heavy atom. The van der Waals surface area contributed by atoms with E-state index in [1.165, 1.54) is 17.3 Å². The van der Waals surface area contributed by atoms with Crippen LogP contribution in [0, 0.1) is 5.92 Å². The summed E-state index contributed by atoms with van der Waals surface area (Å²) in [7, 11) is -4.44. The highest BCUT2D eigenvalue weighted by Crippen LogP contribution is 2.36. The lowest BCUT2D eigenvalue weighted by atomic mass is 9.81. The summed E-state index contributed by atoms with van der Waals surface area (Å²) in [5, 5.41) is 18.1. The van der Waals surface area contributed by atoms with E-state index < -0.39 is 46.8 Å². The Balaban J connectivity index is 1.64. The van der Waals surface area contributed by atoms with Gasteiger partial charge in [0.25, 0.3) is 5.91 Å². The first kappa shape index (κ1) is 23.1. The van der Waals surface area contributed by atoms with E-state index in [1.54, 1.807) is 0 Å². The normalized spacial score (nSPS) is 24.3. The van der Waals surface area contributed by atoms with Crippen molar-refractivity contribution in [2.24, 2.45) is 5.92 Å². The second-order valence-corrected chi connectivity index (χ2v) is 10.7. The molecule has 2 saturated heterocycles. The molecule has 10 nitrogen and oxygen atoms in total. The van der Waals surface area contributed by atoms with Crippen molar-refractivity contribution in [1.82, 2.24) is 14.9 Å². The molecule has 2 atom stereocenters. The van der Waals surface area contributed by atoms with Crippen LogP contribution in [0.3, 0.4) is 0 Å². The molecular formula is C18H28BN3O7S. The molecule has 0 saturated carbocycles. The average Bonchev–Trinajstić information content (AvgIpc) is 3.21. The van der Waals surface area contributed by atoms with Crippen LogP contribution in [0.2, 0.25) is 0 Å². The van der Waals surface area contributed by atoms with Gasteiger partial charge in [0.1, 0.15) is 0 Å². The highest BCUT2D eigenvalue weighted by Gasteiger charge is 2.52. The molecule has 166 valence electrons. The van der Waals surface area contributed by atoms with Crippen LogP contribution in [0.4, 0.5) is 0 Å². The lowest BCUT2D eigenvalue weighted by Crippen LogP contribution is -2.41. The number of aromatic nitrogens is 2. The molecule has 3 rings (SSSR count). The molecule has 30 heavy (non-hydrogen) atoms. The second-order valence-electron chi connectivity index (χ2n) is 8.81. The third-order valence-electron chi connectivity index (χ3n) is 5.96. The molecule has 0 unspecified atom stereocenters. The van der Waals surface area contributed by atoms with Gasteiger partial charge >= 0.3 is 7.12 Å². The van der Waals surface area contributed by atoms with Crippen LogP contribution in [0.5, 0.6) is 0 Å². The molecule has 2 N–H and O–H groups in total. The van der Waals surface area contributed by atoms with E-state index in [9.17, 15) is 18.3 Å². The maximum atomic E-state index is 12.7. The number of carbonyl (C=O) groups is 1. The van der Waals surface area contributed by atoms with Gasteiger partial charge in [0.15, 0.2) is 6.10 Å². The standard InChI is InChI=1S/C18H28BN3O7S/c1-17(2)18(3,4)29-19(28-17)13-7-20-16(21-8-13)30(26,27)11-12-5-6-22(9-12)15(25)14(24)10-23/h7-8,12,14,23-24H,5-6,9-11H2,1-4H3/t12-,14+/m0/s1. The Hall–Kier alpha value is -1.60. The Labute approximate surface area is 176 Å². The molecule has 1 aromatic rings. The zero-order chi connectivity index (χ0) is 22.3. The molecule has 0 radical (unpaired) electrons. The summed E-state index contributed by atoms with van der Waals surface area (Å²) in [6.07, 6.45) is 1.79. The third kappa shape index (κ3) is 4.52. The molecule has 0 aliphatic carbocycles. The highest BCUT2D eigenvalue weighted by atomic mass is 32.2. The fourth-order valence-electron chi connectivity index (χ4n) is 3.43. The molecule has 2 fully saturated rings. The Bertz CT molecular complexity index is 876. The van der Waals surface area contributed by atoms with Crippen LogP contribution < -0.4 is 5.46 Å². The highest BCUT2D eigenvalue weighted by molar-refractivity contribution is 7.91. The van der Waals surface area contributed by atoms with Crippen molar-refractivity contribution < 1.29 is 32.7 Å². The van der Waals surface area contributed by atoms with E-state index >= 15 is 0 Å². The van der Waals surface area contributed by atoms with Crippen molar-refractivity contribution in [3.05, 3.63) is 12.4 Å². The Morgan fingerprint density at radius 2 is 1.83 bits per heavy atom. The zero-order valence-electron chi connectivity index (χ0n) is 17.6. The number of sulfone groups is 1. The minimum absolute atomic E-state index is 0.196. The van der Waals surface area contributed by atoms with Crippen LogP contribution >= 0.6 is 0 Å². The van der Waals surface area contributed by atoms with Crippen LogP contribution in [-0.4, -0.2) is 89.3 Å². The number of carbonyl (C=O) groups excluding carboxylic acids is 1. The van der Waals surface area contributed by atoms with Crippen LogP contribution in [0.1, 0.15) is 34.1 Å². The van der Waals surface area contributed by atoms with Crippen LogP contribution in [0.25, 0.3) is 0 Å². The SMILES string of the molecule is CC1(C)OB(c2cnc(S(=O)(=O)C[C@H]3CCN(C(=O)[C@H](O)CO)C3)nc2)OC1(C)C. The van der Waals surface area contributed by atoms with E-state index in [2.05, 4.69) is 9.97 Å². The summed E-state index contributed by atoms with van der Waals surface area (Å²) in [5.74, 6) is -1.10. The lowest BCUT2D eigenvalue weighted by Gasteiger charge is -2.32. The summed E-state index contributed by atoms with van der Waals surface area (Å²) in [6, 6.07) is 0. The van der Waals surface area contributed by atoms with E-state index in [-0.39, 0.29) is 23.4 Å². The van der Waals surface area contributed by atoms with E-state index in [0.29, 0.717) is 18.4 Å². The summed E-state index contributed by atoms with van der Waals surface area (Å²) < 4.78 is 37.3. The molecule has 1 aromatic heterocycles. The maximum absolute atomic E-state index is 12.7. The number of rotatable bonds is 6. The molecule has 0 bridgehead atoms. The quantitative estimate of drug-likeness (QED) is 0.410. The molecule has 12 heteroatoms. The van der Waals surface area contributed by atoms with Gasteiger partial charge in [-0.05, 0) is 40.0 Å². The molecular weight excluding hydrogens is 413 g/mol. The number of nitrogens with zero attached hydrogens (tertiary/aromatic N) is 3. The number of likely N-dealkylation sites (tertiary alicyclic amines) is 1. The van der Waals surface area contributed by atoms with Crippen molar-refractivity contribution in [2.75, 3.05) is 25.4 Å². The minimum Gasteiger partial charge on any atom is -0.399 e. The summed E-state index contributed by atoms with van der Waals surface area (Å²) in [5.41, 5.74) is -0.529. The molecule has 0 aromatic carbocycles.